The lowest BCUT2D eigenvalue weighted by atomic mass is 9.97. The molecule has 4 heteroatoms. The molecule has 1 amide bonds. The first kappa shape index (κ1) is 18.3. The van der Waals surface area contributed by atoms with E-state index in [2.05, 4.69) is 5.32 Å². The minimum Gasteiger partial charge on any atom is -0.381 e. The number of nitrogens with one attached hydrogen (secondary N) is 1. The van der Waals surface area contributed by atoms with Gasteiger partial charge in [-0.3, -0.25) is 9.59 Å². The van der Waals surface area contributed by atoms with Gasteiger partial charge in [-0.05, 0) is 55.4 Å². The highest BCUT2D eigenvalue weighted by Crippen LogP contribution is 2.24. The van der Waals surface area contributed by atoms with Gasteiger partial charge in [0.15, 0.2) is 5.78 Å². The molecular formula is C22H25NO3. The van der Waals surface area contributed by atoms with Crippen LogP contribution in [-0.4, -0.2) is 31.4 Å². The van der Waals surface area contributed by atoms with Crippen LogP contribution >= 0.6 is 0 Å². The van der Waals surface area contributed by atoms with Crippen molar-refractivity contribution in [1.82, 2.24) is 5.32 Å². The molecule has 0 aliphatic carbocycles. The van der Waals surface area contributed by atoms with Gasteiger partial charge in [0.25, 0.3) is 5.91 Å². The summed E-state index contributed by atoms with van der Waals surface area (Å²) in [6.45, 7) is 3.98. The molecule has 1 fully saturated rings. The topological polar surface area (TPSA) is 55.4 Å². The summed E-state index contributed by atoms with van der Waals surface area (Å²) < 4.78 is 5.37. The third kappa shape index (κ3) is 4.58. The number of benzene rings is 2. The number of rotatable bonds is 7. The van der Waals surface area contributed by atoms with Gasteiger partial charge in [0, 0.05) is 30.9 Å². The maximum Gasteiger partial charge on any atom is 0.251 e. The summed E-state index contributed by atoms with van der Waals surface area (Å²) >= 11 is 0. The van der Waals surface area contributed by atoms with Gasteiger partial charge in [-0.2, -0.15) is 0 Å². The third-order valence-electron chi connectivity index (χ3n) is 4.86. The van der Waals surface area contributed by atoms with Crippen molar-refractivity contribution in [1.29, 1.82) is 0 Å². The van der Waals surface area contributed by atoms with Gasteiger partial charge in [0.2, 0.25) is 0 Å². The Morgan fingerprint density at radius 3 is 2.58 bits per heavy atom. The summed E-state index contributed by atoms with van der Waals surface area (Å²) in [5.41, 5.74) is 3.16. The summed E-state index contributed by atoms with van der Waals surface area (Å²) in [6.07, 6.45) is 3.21. The molecule has 0 radical (unpaired) electrons. The monoisotopic (exact) mass is 351 g/mol. The summed E-state index contributed by atoms with van der Waals surface area (Å²) in [7, 11) is 0. The van der Waals surface area contributed by atoms with Gasteiger partial charge in [-0.1, -0.05) is 36.4 Å². The molecule has 0 spiro atoms. The second-order valence-electron chi connectivity index (χ2n) is 6.81. The standard InChI is InChI=1S/C22H25NO3/c1-16(24)20-6-2-3-7-21(20)18-8-10-19(11-9-18)22(25)23-13-4-5-17-12-14-26-15-17/h2-3,6-11,17H,4-5,12-15H2,1H3,(H,23,25). The fourth-order valence-electron chi connectivity index (χ4n) is 3.35. The van der Waals surface area contributed by atoms with Crippen molar-refractivity contribution in [2.75, 3.05) is 19.8 Å². The largest absolute Gasteiger partial charge is 0.381 e. The Hall–Kier alpha value is -2.46. The van der Waals surface area contributed by atoms with E-state index in [1.165, 1.54) is 0 Å². The number of hydrogen-bond donors (Lipinski definition) is 1. The fraction of sp³-hybridized carbons (Fsp3) is 0.364. The number of Topliss-reactive ketones (excluding diaryl/α,β-unsaturated/α-hetero) is 1. The average molecular weight is 351 g/mol. The predicted molar refractivity (Wildman–Crippen MR) is 102 cm³/mol. The van der Waals surface area contributed by atoms with E-state index in [1.807, 2.05) is 48.5 Å². The molecule has 26 heavy (non-hydrogen) atoms. The fourth-order valence-corrected chi connectivity index (χ4v) is 3.35. The van der Waals surface area contributed by atoms with E-state index < -0.39 is 0 Å². The average Bonchev–Trinajstić information content (AvgIpc) is 3.18. The van der Waals surface area contributed by atoms with Gasteiger partial charge < -0.3 is 10.1 Å². The quantitative estimate of drug-likeness (QED) is 0.603. The summed E-state index contributed by atoms with van der Waals surface area (Å²) in [5, 5.41) is 2.98. The van der Waals surface area contributed by atoms with E-state index in [0.717, 1.165) is 43.6 Å². The highest BCUT2D eigenvalue weighted by molar-refractivity contribution is 6.01. The minimum absolute atomic E-state index is 0.0371. The first-order valence-corrected chi connectivity index (χ1v) is 9.21. The number of ether oxygens (including phenoxy) is 1. The van der Waals surface area contributed by atoms with Crippen molar-refractivity contribution in [3.8, 4) is 11.1 Å². The molecular weight excluding hydrogens is 326 g/mol. The van der Waals surface area contributed by atoms with Crippen molar-refractivity contribution in [2.45, 2.75) is 26.2 Å². The lowest BCUT2D eigenvalue weighted by Crippen LogP contribution is -2.24. The molecule has 1 unspecified atom stereocenters. The predicted octanol–water partition coefficient (Wildman–Crippen LogP) is 4.10. The van der Waals surface area contributed by atoms with Gasteiger partial charge >= 0.3 is 0 Å². The SMILES string of the molecule is CC(=O)c1ccccc1-c1ccc(C(=O)NCCCC2CCOC2)cc1. The zero-order valence-electron chi connectivity index (χ0n) is 15.2. The zero-order valence-corrected chi connectivity index (χ0v) is 15.2. The van der Waals surface area contributed by atoms with Crippen LogP contribution in [-0.2, 0) is 4.74 Å². The summed E-state index contributed by atoms with van der Waals surface area (Å²) in [6, 6.07) is 14.9. The van der Waals surface area contributed by atoms with Gasteiger partial charge in [0.1, 0.15) is 0 Å². The van der Waals surface area contributed by atoms with Crippen LogP contribution in [0.15, 0.2) is 48.5 Å². The Kier molecular flexibility index (Phi) is 6.18. The molecule has 1 N–H and O–H groups in total. The van der Waals surface area contributed by atoms with Crippen LogP contribution in [0.2, 0.25) is 0 Å². The van der Waals surface area contributed by atoms with Crippen molar-refractivity contribution in [3.63, 3.8) is 0 Å². The smallest absolute Gasteiger partial charge is 0.251 e. The minimum atomic E-state index is -0.0564. The molecule has 0 saturated carbocycles. The van der Waals surface area contributed by atoms with Crippen molar-refractivity contribution >= 4 is 11.7 Å². The molecule has 1 heterocycles. The lowest BCUT2D eigenvalue weighted by Gasteiger charge is -2.10. The molecule has 2 aromatic carbocycles. The van der Waals surface area contributed by atoms with E-state index >= 15 is 0 Å². The van der Waals surface area contributed by atoms with E-state index in [4.69, 9.17) is 4.74 Å². The zero-order chi connectivity index (χ0) is 18.4. The molecule has 1 atom stereocenters. The van der Waals surface area contributed by atoms with Gasteiger partial charge in [-0.15, -0.1) is 0 Å². The molecule has 4 nitrogen and oxygen atoms in total. The Morgan fingerprint density at radius 1 is 1.12 bits per heavy atom. The van der Waals surface area contributed by atoms with Crippen LogP contribution in [0.25, 0.3) is 11.1 Å². The number of amides is 1. The lowest BCUT2D eigenvalue weighted by molar-refractivity contribution is 0.0951. The molecule has 1 aliphatic rings. The van der Waals surface area contributed by atoms with Crippen molar-refractivity contribution in [2.24, 2.45) is 5.92 Å². The molecule has 0 bridgehead atoms. The van der Waals surface area contributed by atoms with E-state index in [1.54, 1.807) is 6.92 Å². The van der Waals surface area contributed by atoms with Crippen LogP contribution < -0.4 is 5.32 Å². The van der Waals surface area contributed by atoms with E-state index in [9.17, 15) is 9.59 Å². The van der Waals surface area contributed by atoms with Crippen LogP contribution in [0, 0.1) is 5.92 Å². The first-order valence-electron chi connectivity index (χ1n) is 9.21. The van der Waals surface area contributed by atoms with Crippen LogP contribution in [0.4, 0.5) is 0 Å². The van der Waals surface area contributed by atoms with Crippen molar-refractivity contribution < 1.29 is 14.3 Å². The molecule has 0 aromatic heterocycles. The highest BCUT2D eigenvalue weighted by atomic mass is 16.5. The summed E-state index contributed by atoms with van der Waals surface area (Å²) in [4.78, 5) is 24.1. The van der Waals surface area contributed by atoms with Crippen LogP contribution in [0.3, 0.4) is 0 Å². The molecule has 1 saturated heterocycles. The Balaban J connectivity index is 1.57. The van der Waals surface area contributed by atoms with Crippen LogP contribution in [0.1, 0.15) is 46.9 Å². The molecule has 3 rings (SSSR count). The first-order chi connectivity index (χ1) is 12.6. The number of ketones is 1. The Bertz CT molecular complexity index is 761. The highest BCUT2D eigenvalue weighted by Gasteiger charge is 2.15. The van der Waals surface area contributed by atoms with E-state index in [0.29, 0.717) is 23.6 Å². The molecule has 136 valence electrons. The number of carbonyl (C=O) groups excluding carboxylic acids is 2. The maximum atomic E-state index is 12.3. The van der Waals surface area contributed by atoms with Crippen LogP contribution in [0.5, 0.6) is 0 Å². The van der Waals surface area contributed by atoms with E-state index in [-0.39, 0.29) is 11.7 Å². The third-order valence-corrected chi connectivity index (χ3v) is 4.86. The number of carbonyl (C=O) groups is 2. The second-order valence-corrected chi connectivity index (χ2v) is 6.81. The molecule has 1 aliphatic heterocycles. The summed E-state index contributed by atoms with van der Waals surface area (Å²) in [5.74, 6) is 0.627. The Morgan fingerprint density at radius 2 is 1.88 bits per heavy atom. The van der Waals surface area contributed by atoms with Crippen molar-refractivity contribution in [3.05, 3.63) is 59.7 Å². The van der Waals surface area contributed by atoms with Gasteiger partial charge in [-0.25, -0.2) is 0 Å². The number of hydrogen-bond acceptors (Lipinski definition) is 3. The van der Waals surface area contributed by atoms with Gasteiger partial charge in [0.05, 0.1) is 0 Å². The normalized spacial score (nSPS) is 16.4. The maximum absolute atomic E-state index is 12.3. The molecule has 2 aromatic rings. The Labute approximate surface area is 154 Å². The second kappa shape index (κ2) is 8.77.